The average Bonchev–Trinajstić information content (AvgIpc) is 2.37. The summed E-state index contributed by atoms with van der Waals surface area (Å²) in [6.07, 6.45) is 4.91. The summed E-state index contributed by atoms with van der Waals surface area (Å²) in [6, 6.07) is 0. The van der Waals surface area contributed by atoms with Crippen LogP contribution in [0, 0.1) is 5.92 Å². The first-order valence-electron chi connectivity index (χ1n) is 5.10. The summed E-state index contributed by atoms with van der Waals surface area (Å²) in [4.78, 5) is 11.6. The van der Waals surface area contributed by atoms with Crippen molar-refractivity contribution < 1.29 is 4.79 Å². The maximum atomic E-state index is 11.6. The summed E-state index contributed by atoms with van der Waals surface area (Å²) in [5, 5.41) is 0. The van der Waals surface area contributed by atoms with Crippen LogP contribution in [0.25, 0.3) is 0 Å². The number of Topliss-reactive ketones (excluding diaryl/α,β-unsaturated/α-hetero) is 1. The molecular formula is C12H16O. The van der Waals surface area contributed by atoms with E-state index < -0.39 is 0 Å². The molecule has 2 aliphatic rings. The number of hydrogen-bond donors (Lipinski definition) is 0. The summed E-state index contributed by atoms with van der Waals surface area (Å²) in [6.45, 7) is 6.26. The summed E-state index contributed by atoms with van der Waals surface area (Å²) >= 11 is 0. The molecule has 0 radical (unpaired) electrons. The van der Waals surface area contributed by atoms with E-state index in [1.807, 2.05) is 0 Å². The normalized spacial score (nSPS) is 29.2. The zero-order valence-corrected chi connectivity index (χ0v) is 8.23. The number of carbonyl (C=O) groups excluding carboxylic acids is 1. The minimum absolute atomic E-state index is 0.380. The average molecular weight is 176 g/mol. The molecule has 0 amide bonds. The van der Waals surface area contributed by atoms with E-state index in [2.05, 4.69) is 13.5 Å². The molecular weight excluding hydrogens is 160 g/mol. The van der Waals surface area contributed by atoms with Crippen LogP contribution in [0.4, 0.5) is 0 Å². The van der Waals surface area contributed by atoms with Crippen LogP contribution in [0.2, 0.25) is 0 Å². The summed E-state index contributed by atoms with van der Waals surface area (Å²) in [5.41, 5.74) is 3.78. The van der Waals surface area contributed by atoms with Crippen LogP contribution < -0.4 is 0 Å². The Labute approximate surface area is 79.5 Å². The Balaban J connectivity index is 2.34. The second-order valence-corrected chi connectivity index (χ2v) is 4.29. The maximum Gasteiger partial charge on any atom is 0.159 e. The number of rotatable bonds is 0. The molecule has 0 fully saturated rings. The third-order valence-electron chi connectivity index (χ3n) is 3.30. The van der Waals surface area contributed by atoms with Crippen LogP contribution in [-0.4, -0.2) is 5.78 Å². The van der Waals surface area contributed by atoms with Crippen LogP contribution in [0.1, 0.15) is 39.0 Å². The molecule has 0 heterocycles. The maximum absolute atomic E-state index is 11.6. The van der Waals surface area contributed by atoms with Gasteiger partial charge in [-0.25, -0.2) is 0 Å². The van der Waals surface area contributed by atoms with Crippen LogP contribution in [0.3, 0.4) is 0 Å². The third kappa shape index (κ3) is 1.48. The molecule has 13 heavy (non-hydrogen) atoms. The van der Waals surface area contributed by atoms with Crippen LogP contribution >= 0.6 is 0 Å². The Kier molecular flexibility index (Phi) is 2.10. The SMILES string of the molecule is C=C1CC[C@@H](C)C2=C(C1)C(=O)CC2. The van der Waals surface area contributed by atoms with Crippen molar-refractivity contribution in [3.05, 3.63) is 23.3 Å². The second kappa shape index (κ2) is 3.13. The molecule has 70 valence electrons. The Morgan fingerprint density at radius 1 is 1.31 bits per heavy atom. The topological polar surface area (TPSA) is 17.1 Å². The van der Waals surface area contributed by atoms with Gasteiger partial charge in [-0.05, 0) is 37.2 Å². The van der Waals surface area contributed by atoms with Gasteiger partial charge in [-0.15, -0.1) is 0 Å². The van der Waals surface area contributed by atoms with Gasteiger partial charge in [-0.3, -0.25) is 4.79 Å². The van der Waals surface area contributed by atoms with E-state index >= 15 is 0 Å². The first kappa shape index (κ1) is 8.74. The van der Waals surface area contributed by atoms with Gasteiger partial charge in [0.1, 0.15) is 0 Å². The second-order valence-electron chi connectivity index (χ2n) is 4.29. The van der Waals surface area contributed by atoms with Crippen molar-refractivity contribution in [1.29, 1.82) is 0 Å². The van der Waals surface area contributed by atoms with E-state index in [-0.39, 0.29) is 0 Å². The lowest BCUT2D eigenvalue weighted by molar-refractivity contribution is -0.115. The Bertz CT molecular complexity index is 296. The molecule has 1 heteroatoms. The Morgan fingerprint density at radius 2 is 2.08 bits per heavy atom. The summed E-state index contributed by atoms with van der Waals surface area (Å²) in [5.74, 6) is 0.991. The number of ketones is 1. The lowest BCUT2D eigenvalue weighted by atomic mass is 9.95. The standard InChI is InChI=1S/C12H16O/c1-8-3-4-9(2)10-5-6-12(13)11(10)7-8/h9H,1,3-7H2,2H3/t9-/m1/s1. The van der Waals surface area contributed by atoms with E-state index in [9.17, 15) is 4.79 Å². The van der Waals surface area contributed by atoms with Gasteiger partial charge < -0.3 is 0 Å². The molecule has 0 saturated carbocycles. The molecule has 0 saturated heterocycles. The lowest BCUT2D eigenvalue weighted by Crippen LogP contribution is -1.98. The van der Waals surface area contributed by atoms with Gasteiger partial charge in [-0.2, -0.15) is 0 Å². The number of allylic oxidation sites excluding steroid dienone is 3. The zero-order valence-electron chi connectivity index (χ0n) is 8.23. The molecule has 0 aliphatic heterocycles. The van der Waals surface area contributed by atoms with Crippen molar-refractivity contribution in [1.82, 2.24) is 0 Å². The fourth-order valence-electron chi connectivity index (χ4n) is 2.42. The molecule has 0 bridgehead atoms. The molecule has 0 unspecified atom stereocenters. The minimum atomic E-state index is 0.380. The van der Waals surface area contributed by atoms with Crippen molar-refractivity contribution in [2.24, 2.45) is 5.92 Å². The van der Waals surface area contributed by atoms with Crippen molar-refractivity contribution in [3.8, 4) is 0 Å². The predicted octanol–water partition coefficient (Wildman–Crippen LogP) is 3.02. The van der Waals surface area contributed by atoms with E-state index in [4.69, 9.17) is 0 Å². The fourth-order valence-corrected chi connectivity index (χ4v) is 2.42. The Hall–Kier alpha value is -0.850. The van der Waals surface area contributed by atoms with Crippen molar-refractivity contribution in [3.63, 3.8) is 0 Å². The van der Waals surface area contributed by atoms with Crippen molar-refractivity contribution in [2.45, 2.75) is 39.0 Å². The molecule has 1 nitrogen and oxygen atoms in total. The van der Waals surface area contributed by atoms with Gasteiger partial charge in [0, 0.05) is 6.42 Å². The monoisotopic (exact) mass is 176 g/mol. The molecule has 0 spiro atoms. The van der Waals surface area contributed by atoms with Gasteiger partial charge >= 0.3 is 0 Å². The number of hydrogen-bond acceptors (Lipinski definition) is 1. The lowest BCUT2D eigenvalue weighted by Gasteiger charge is -2.09. The predicted molar refractivity (Wildman–Crippen MR) is 53.4 cm³/mol. The molecule has 0 N–H and O–H groups in total. The van der Waals surface area contributed by atoms with Gasteiger partial charge in [-0.1, -0.05) is 24.6 Å². The highest BCUT2D eigenvalue weighted by Crippen LogP contribution is 2.38. The highest BCUT2D eigenvalue weighted by atomic mass is 16.1. The quantitative estimate of drug-likeness (QED) is 0.518. The van der Waals surface area contributed by atoms with E-state index in [1.54, 1.807) is 0 Å². The molecule has 0 aromatic heterocycles. The van der Waals surface area contributed by atoms with Gasteiger partial charge in [0.05, 0.1) is 0 Å². The van der Waals surface area contributed by atoms with Crippen molar-refractivity contribution >= 4 is 5.78 Å². The van der Waals surface area contributed by atoms with Crippen LogP contribution in [-0.2, 0) is 4.79 Å². The van der Waals surface area contributed by atoms with Crippen molar-refractivity contribution in [2.75, 3.05) is 0 Å². The smallest absolute Gasteiger partial charge is 0.159 e. The first-order chi connectivity index (χ1) is 6.18. The highest BCUT2D eigenvalue weighted by Gasteiger charge is 2.28. The van der Waals surface area contributed by atoms with Gasteiger partial charge in [0.2, 0.25) is 0 Å². The number of carbonyl (C=O) groups is 1. The summed E-state index contributed by atoms with van der Waals surface area (Å²) < 4.78 is 0. The Morgan fingerprint density at radius 3 is 2.85 bits per heavy atom. The zero-order chi connectivity index (χ0) is 9.42. The first-order valence-corrected chi connectivity index (χ1v) is 5.10. The van der Waals surface area contributed by atoms with Gasteiger partial charge in [0.25, 0.3) is 0 Å². The summed E-state index contributed by atoms with van der Waals surface area (Å²) in [7, 11) is 0. The largest absolute Gasteiger partial charge is 0.295 e. The minimum Gasteiger partial charge on any atom is -0.295 e. The van der Waals surface area contributed by atoms with E-state index in [1.165, 1.54) is 17.6 Å². The van der Waals surface area contributed by atoms with E-state index in [0.29, 0.717) is 11.7 Å². The van der Waals surface area contributed by atoms with E-state index in [0.717, 1.165) is 31.3 Å². The molecule has 2 rings (SSSR count). The molecule has 1 atom stereocenters. The van der Waals surface area contributed by atoms with Crippen LogP contribution in [0.15, 0.2) is 23.3 Å². The molecule has 2 aliphatic carbocycles. The van der Waals surface area contributed by atoms with Gasteiger partial charge in [0.15, 0.2) is 5.78 Å². The third-order valence-corrected chi connectivity index (χ3v) is 3.30. The van der Waals surface area contributed by atoms with Crippen LogP contribution in [0.5, 0.6) is 0 Å². The molecule has 0 aromatic carbocycles. The molecule has 0 aromatic rings. The highest BCUT2D eigenvalue weighted by molar-refractivity contribution is 5.99. The fraction of sp³-hybridized carbons (Fsp3) is 0.583.